The molecule has 82 valence electrons. The zero-order chi connectivity index (χ0) is 11.4. The monoisotopic (exact) mass is 233 g/mol. The molecule has 0 spiro atoms. The lowest BCUT2D eigenvalue weighted by Crippen LogP contribution is -2.19. The summed E-state index contributed by atoms with van der Waals surface area (Å²) in [4.78, 5) is 0. The Kier molecular flexibility index (Phi) is 3.16. The number of hydrogen-bond donors (Lipinski definition) is 2. The average molecular weight is 233 g/mol. The van der Waals surface area contributed by atoms with Crippen molar-refractivity contribution in [1.82, 2.24) is 5.16 Å². The van der Waals surface area contributed by atoms with Crippen LogP contribution in [0.3, 0.4) is 0 Å². The largest absolute Gasteiger partial charge is 0.363 e. The van der Waals surface area contributed by atoms with Gasteiger partial charge in [-0.05, 0) is 36.8 Å². The minimum absolute atomic E-state index is 0.486. The summed E-state index contributed by atoms with van der Waals surface area (Å²) < 4.78 is 4.68. The fourth-order valence-corrected chi connectivity index (χ4v) is 1.50. The van der Waals surface area contributed by atoms with E-state index in [1.807, 2.05) is 31.2 Å². The lowest BCUT2D eigenvalue weighted by atomic mass is 10.2. The van der Waals surface area contributed by atoms with Gasteiger partial charge >= 0.3 is 0 Å². The van der Waals surface area contributed by atoms with Gasteiger partial charge in [-0.2, -0.15) is 0 Å². The third kappa shape index (κ3) is 2.80. The molecule has 0 saturated heterocycles. The minimum atomic E-state index is 0.486. The maximum absolute atomic E-state index is 5.12. The Morgan fingerprint density at radius 2 is 2.19 bits per heavy atom. The third-order valence-corrected chi connectivity index (χ3v) is 2.16. The van der Waals surface area contributed by atoms with Crippen molar-refractivity contribution in [2.75, 3.05) is 10.6 Å². The van der Waals surface area contributed by atoms with E-state index in [0.29, 0.717) is 10.9 Å². The van der Waals surface area contributed by atoms with Gasteiger partial charge in [0.15, 0.2) is 10.9 Å². The van der Waals surface area contributed by atoms with E-state index in [4.69, 9.17) is 12.2 Å². The van der Waals surface area contributed by atoms with E-state index in [-0.39, 0.29) is 0 Å². The maximum atomic E-state index is 5.12. The van der Waals surface area contributed by atoms with Gasteiger partial charge in [-0.15, -0.1) is 0 Å². The van der Waals surface area contributed by atoms with Crippen molar-refractivity contribution in [2.24, 2.45) is 0 Å². The number of hydrogen-bond acceptors (Lipinski definition) is 3. The third-order valence-electron chi connectivity index (χ3n) is 1.96. The Morgan fingerprint density at radius 3 is 2.88 bits per heavy atom. The average Bonchev–Trinajstić information content (AvgIpc) is 2.70. The van der Waals surface area contributed by atoms with Crippen molar-refractivity contribution in [3.8, 4) is 0 Å². The van der Waals surface area contributed by atoms with Gasteiger partial charge in [-0.1, -0.05) is 17.3 Å². The van der Waals surface area contributed by atoms with Crippen LogP contribution in [0.2, 0.25) is 0 Å². The fraction of sp³-hybridized carbons (Fsp3) is 0.0909. The molecule has 0 aliphatic rings. The van der Waals surface area contributed by atoms with Gasteiger partial charge < -0.3 is 15.2 Å². The number of thiocarbonyl (C=S) groups is 1. The minimum Gasteiger partial charge on any atom is -0.363 e. The molecular formula is C11H11N3OS. The summed E-state index contributed by atoms with van der Waals surface area (Å²) in [5, 5.41) is 10.2. The molecule has 4 nitrogen and oxygen atoms in total. The number of nitrogens with one attached hydrogen (secondary N) is 2. The first-order valence-corrected chi connectivity index (χ1v) is 5.20. The highest BCUT2D eigenvalue weighted by molar-refractivity contribution is 7.80. The van der Waals surface area contributed by atoms with Gasteiger partial charge in [0, 0.05) is 11.8 Å². The second-order valence-corrected chi connectivity index (χ2v) is 3.74. The molecule has 0 unspecified atom stereocenters. The Morgan fingerprint density at radius 1 is 1.31 bits per heavy atom. The first kappa shape index (κ1) is 10.6. The zero-order valence-corrected chi connectivity index (χ0v) is 9.54. The van der Waals surface area contributed by atoms with Crippen molar-refractivity contribution >= 4 is 28.8 Å². The molecule has 2 aromatic rings. The van der Waals surface area contributed by atoms with Crippen LogP contribution in [-0.2, 0) is 0 Å². The van der Waals surface area contributed by atoms with Crippen LogP contribution in [0, 0.1) is 6.92 Å². The molecule has 2 rings (SSSR count). The molecule has 2 N–H and O–H groups in total. The Bertz CT molecular complexity index is 482. The molecular weight excluding hydrogens is 222 g/mol. The fourth-order valence-electron chi connectivity index (χ4n) is 1.28. The summed E-state index contributed by atoms with van der Waals surface area (Å²) in [6, 6.07) is 9.65. The van der Waals surface area contributed by atoms with E-state index < -0.39 is 0 Å². The van der Waals surface area contributed by atoms with Crippen molar-refractivity contribution in [3.05, 3.63) is 42.2 Å². The number of benzene rings is 1. The molecule has 0 aliphatic heterocycles. The van der Waals surface area contributed by atoms with Crippen LogP contribution in [0.1, 0.15) is 5.56 Å². The molecule has 0 bridgehead atoms. The van der Waals surface area contributed by atoms with E-state index >= 15 is 0 Å². The van der Waals surface area contributed by atoms with Crippen molar-refractivity contribution in [3.63, 3.8) is 0 Å². The second kappa shape index (κ2) is 4.76. The first-order valence-electron chi connectivity index (χ1n) is 4.79. The summed E-state index contributed by atoms with van der Waals surface area (Å²) in [6.07, 6.45) is 1.48. The Hall–Kier alpha value is -1.88. The molecule has 1 heterocycles. The second-order valence-electron chi connectivity index (χ2n) is 3.33. The van der Waals surface area contributed by atoms with E-state index in [1.54, 1.807) is 6.07 Å². The van der Waals surface area contributed by atoms with Crippen LogP contribution < -0.4 is 10.6 Å². The predicted molar refractivity (Wildman–Crippen MR) is 67.5 cm³/mol. The molecule has 1 aromatic carbocycles. The SMILES string of the molecule is Cc1cccc(NC(=S)Nc2ccon2)c1. The molecule has 0 radical (unpaired) electrons. The highest BCUT2D eigenvalue weighted by atomic mass is 32.1. The molecule has 0 aliphatic carbocycles. The van der Waals surface area contributed by atoms with Gasteiger partial charge in [0.1, 0.15) is 6.26 Å². The van der Waals surface area contributed by atoms with Gasteiger partial charge in [0.25, 0.3) is 0 Å². The number of rotatable bonds is 2. The van der Waals surface area contributed by atoms with Crippen LogP contribution in [-0.4, -0.2) is 10.3 Å². The van der Waals surface area contributed by atoms with Crippen LogP contribution in [0.25, 0.3) is 0 Å². The molecule has 16 heavy (non-hydrogen) atoms. The normalized spacial score (nSPS) is 9.81. The van der Waals surface area contributed by atoms with Gasteiger partial charge in [-0.3, -0.25) is 0 Å². The molecule has 5 heteroatoms. The molecule has 0 fully saturated rings. The quantitative estimate of drug-likeness (QED) is 0.781. The van der Waals surface area contributed by atoms with Gasteiger partial charge in [-0.25, -0.2) is 0 Å². The maximum Gasteiger partial charge on any atom is 0.176 e. The van der Waals surface area contributed by atoms with Crippen LogP contribution >= 0.6 is 12.2 Å². The highest BCUT2D eigenvalue weighted by Crippen LogP contribution is 2.10. The zero-order valence-electron chi connectivity index (χ0n) is 8.73. The highest BCUT2D eigenvalue weighted by Gasteiger charge is 2.00. The Balaban J connectivity index is 1.97. The van der Waals surface area contributed by atoms with E-state index in [1.165, 1.54) is 11.8 Å². The van der Waals surface area contributed by atoms with E-state index in [9.17, 15) is 0 Å². The number of nitrogens with zero attached hydrogens (tertiary/aromatic N) is 1. The number of aromatic nitrogens is 1. The van der Waals surface area contributed by atoms with Crippen molar-refractivity contribution < 1.29 is 4.52 Å². The van der Waals surface area contributed by atoms with Crippen LogP contribution in [0.15, 0.2) is 41.1 Å². The number of anilines is 2. The summed E-state index contributed by atoms with van der Waals surface area (Å²) in [6.45, 7) is 2.03. The smallest absolute Gasteiger partial charge is 0.176 e. The molecule has 0 saturated carbocycles. The molecule has 1 aromatic heterocycles. The predicted octanol–water partition coefficient (Wildman–Crippen LogP) is 2.79. The summed E-state index contributed by atoms with van der Waals surface area (Å²) in [7, 11) is 0. The topological polar surface area (TPSA) is 50.1 Å². The van der Waals surface area contributed by atoms with Gasteiger partial charge in [0.05, 0.1) is 0 Å². The Labute approximate surface area is 98.6 Å². The summed E-state index contributed by atoms with van der Waals surface area (Å²) >= 11 is 5.12. The van der Waals surface area contributed by atoms with Crippen LogP contribution in [0.5, 0.6) is 0 Å². The van der Waals surface area contributed by atoms with Crippen molar-refractivity contribution in [1.29, 1.82) is 0 Å². The van der Waals surface area contributed by atoms with Gasteiger partial charge in [0.2, 0.25) is 0 Å². The van der Waals surface area contributed by atoms with E-state index in [0.717, 1.165) is 5.69 Å². The van der Waals surface area contributed by atoms with Crippen LogP contribution in [0.4, 0.5) is 11.5 Å². The summed E-state index contributed by atoms with van der Waals surface area (Å²) in [5.74, 6) is 0.588. The summed E-state index contributed by atoms with van der Waals surface area (Å²) in [5.41, 5.74) is 2.12. The van der Waals surface area contributed by atoms with E-state index in [2.05, 4.69) is 20.3 Å². The standard InChI is InChI=1S/C11H11N3OS/c1-8-3-2-4-9(7-8)12-11(16)13-10-5-6-15-14-10/h2-7H,1H3,(H2,12,13,14,16). The molecule has 0 amide bonds. The van der Waals surface area contributed by atoms with Crippen molar-refractivity contribution in [2.45, 2.75) is 6.92 Å². The first-order chi connectivity index (χ1) is 7.74. The molecule has 0 atom stereocenters. The lowest BCUT2D eigenvalue weighted by molar-refractivity contribution is 0.423. The lowest BCUT2D eigenvalue weighted by Gasteiger charge is -2.08. The number of aryl methyl sites for hydroxylation is 1.